The van der Waals surface area contributed by atoms with Crippen LogP contribution in [0.4, 0.5) is 0 Å². The average molecular weight is 503 g/mol. The molecule has 0 saturated heterocycles. The van der Waals surface area contributed by atoms with E-state index < -0.39 is 11.8 Å². The number of carbonyl (C=O) groups excluding carboxylic acids is 4. The fraction of sp³-hybridized carbons (Fsp3) is 0.833. The molecule has 0 aromatic rings. The number of rotatable bonds is 23. The predicted molar refractivity (Wildman–Crippen MR) is 133 cm³/mol. The van der Waals surface area contributed by atoms with Crippen LogP contribution in [0.3, 0.4) is 0 Å². The highest BCUT2D eigenvalue weighted by atomic mass is 16.5. The van der Waals surface area contributed by atoms with E-state index in [0.717, 1.165) is 19.6 Å². The molecule has 0 heterocycles. The Morgan fingerprint density at radius 1 is 0.600 bits per heavy atom. The third-order valence-corrected chi connectivity index (χ3v) is 4.68. The van der Waals surface area contributed by atoms with Crippen molar-refractivity contribution in [3.05, 3.63) is 0 Å². The minimum absolute atomic E-state index is 0.0174. The summed E-state index contributed by atoms with van der Waals surface area (Å²) in [7, 11) is 0. The lowest BCUT2D eigenvalue weighted by molar-refractivity contribution is -0.129. The van der Waals surface area contributed by atoms with Gasteiger partial charge in [-0.2, -0.15) is 0 Å². The Morgan fingerprint density at radius 3 is 1.63 bits per heavy atom. The van der Waals surface area contributed by atoms with Crippen LogP contribution in [0.2, 0.25) is 0 Å². The van der Waals surface area contributed by atoms with Crippen molar-refractivity contribution in [3.63, 3.8) is 0 Å². The molecule has 0 spiro atoms. The molecule has 204 valence electrons. The van der Waals surface area contributed by atoms with E-state index in [4.69, 9.17) is 14.2 Å². The first-order valence-corrected chi connectivity index (χ1v) is 12.5. The van der Waals surface area contributed by atoms with Crippen molar-refractivity contribution >= 4 is 23.5 Å². The minimum atomic E-state index is -0.444. The van der Waals surface area contributed by atoms with Crippen LogP contribution >= 0.6 is 0 Å². The Kier molecular flexibility index (Phi) is 21.1. The summed E-state index contributed by atoms with van der Waals surface area (Å²) in [6, 6.07) is 0.496. The Hall–Kier alpha value is -2.08. The van der Waals surface area contributed by atoms with Crippen molar-refractivity contribution in [2.45, 2.75) is 59.4 Å². The number of amides is 3. The lowest BCUT2D eigenvalue weighted by Crippen LogP contribution is -2.40. The Balaban J connectivity index is 3.45. The van der Waals surface area contributed by atoms with Crippen LogP contribution in [0.15, 0.2) is 0 Å². The first-order chi connectivity index (χ1) is 16.7. The highest BCUT2D eigenvalue weighted by Gasteiger charge is 2.11. The van der Waals surface area contributed by atoms with Gasteiger partial charge in [-0.15, -0.1) is 0 Å². The quantitative estimate of drug-likeness (QED) is 0.145. The molecule has 0 bridgehead atoms. The number of ether oxygens (including phenoxy) is 3. The number of ketones is 1. The van der Waals surface area contributed by atoms with Crippen LogP contribution in [0.25, 0.3) is 0 Å². The first-order valence-electron chi connectivity index (χ1n) is 12.5. The van der Waals surface area contributed by atoms with Gasteiger partial charge in [0.1, 0.15) is 0 Å². The van der Waals surface area contributed by atoms with Gasteiger partial charge in [0.05, 0.1) is 39.5 Å². The van der Waals surface area contributed by atoms with Gasteiger partial charge in [0.15, 0.2) is 5.78 Å². The summed E-state index contributed by atoms with van der Waals surface area (Å²) in [6.45, 7) is 12.1. The standard InChI is InChI=1S/C24H46N4O7/c1-19(2)21(29)17-27-24(32)18-28-23(31)8-7-22(30)26-10-6-12-34-14-16-35-15-13-33-11-5-9-25-20(3)4/h19-20,25H,5-18H2,1-4H3,(H,26,30)(H,27,32)(H,28,31). The summed E-state index contributed by atoms with van der Waals surface area (Å²) >= 11 is 0. The molecule has 0 atom stereocenters. The van der Waals surface area contributed by atoms with E-state index >= 15 is 0 Å². The molecule has 0 unspecified atom stereocenters. The summed E-state index contributed by atoms with van der Waals surface area (Å²) in [5.41, 5.74) is 0. The zero-order chi connectivity index (χ0) is 26.3. The second-order valence-electron chi connectivity index (χ2n) is 8.68. The second-order valence-corrected chi connectivity index (χ2v) is 8.68. The topological polar surface area (TPSA) is 144 Å². The van der Waals surface area contributed by atoms with Gasteiger partial charge in [-0.05, 0) is 19.4 Å². The molecular formula is C24H46N4O7. The Morgan fingerprint density at radius 2 is 1.09 bits per heavy atom. The predicted octanol–water partition coefficient (Wildman–Crippen LogP) is 0.168. The maximum atomic E-state index is 11.8. The van der Waals surface area contributed by atoms with Crippen molar-refractivity contribution in [1.29, 1.82) is 0 Å². The van der Waals surface area contributed by atoms with Gasteiger partial charge in [-0.3, -0.25) is 19.2 Å². The van der Waals surface area contributed by atoms with Crippen molar-refractivity contribution in [2.75, 3.05) is 65.8 Å². The van der Waals surface area contributed by atoms with E-state index in [-0.39, 0.29) is 43.5 Å². The molecule has 11 nitrogen and oxygen atoms in total. The smallest absolute Gasteiger partial charge is 0.239 e. The monoisotopic (exact) mass is 502 g/mol. The van der Waals surface area contributed by atoms with Gasteiger partial charge in [0, 0.05) is 44.6 Å². The van der Waals surface area contributed by atoms with Crippen LogP contribution in [0.1, 0.15) is 53.4 Å². The van der Waals surface area contributed by atoms with Gasteiger partial charge in [-0.25, -0.2) is 0 Å². The van der Waals surface area contributed by atoms with Crippen LogP contribution < -0.4 is 21.3 Å². The van der Waals surface area contributed by atoms with E-state index in [1.165, 1.54) is 0 Å². The number of hydrogen-bond donors (Lipinski definition) is 4. The molecule has 0 fully saturated rings. The van der Waals surface area contributed by atoms with Crippen molar-refractivity contribution < 1.29 is 33.4 Å². The molecule has 0 rings (SSSR count). The molecule has 0 radical (unpaired) electrons. The van der Waals surface area contributed by atoms with Crippen LogP contribution in [-0.2, 0) is 33.4 Å². The number of hydrogen-bond acceptors (Lipinski definition) is 8. The van der Waals surface area contributed by atoms with E-state index in [1.807, 2.05) is 0 Å². The molecular weight excluding hydrogens is 456 g/mol. The summed E-state index contributed by atoms with van der Waals surface area (Å²) in [4.78, 5) is 46.6. The SMILES string of the molecule is CC(C)NCCCOCCOCCOCCCNC(=O)CCC(=O)NCC(=O)NCC(=O)C(C)C. The van der Waals surface area contributed by atoms with Gasteiger partial charge >= 0.3 is 0 Å². The second kappa shape index (κ2) is 22.4. The third-order valence-electron chi connectivity index (χ3n) is 4.68. The van der Waals surface area contributed by atoms with Gasteiger partial charge in [-0.1, -0.05) is 27.7 Å². The normalized spacial score (nSPS) is 11.0. The molecule has 4 N–H and O–H groups in total. The summed E-state index contributed by atoms with van der Waals surface area (Å²) in [5, 5.41) is 10.9. The largest absolute Gasteiger partial charge is 0.379 e. The van der Waals surface area contributed by atoms with Crippen molar-refractivity contribution in [3.8, 4) is 0 Å². The molecule has 0 aromatic heterocycles. The zero-order valence-corrected chi connectivity index (χ0v) is 21.9. The lowest BCUT2D eigenvalue weighted by atomic mass is 10.1. The van der Waals surface area contributed by atoms with Gasteiger partial charge < -0.3 is 35.5 Å². The maximum Gasteiger partial charge on any atom is 0.239 e. The van der Waals surface area contributed by atoms with E-state index in [0.29, 0.717) is 52.0 Å². The van der Waals surface area contributed by atoms with Crippen molar-refractivity contribution in [2.24, 2.45) is 5.92 Å². The Bertz CT molecular complexity index is 600. The summed E-state index contributed by atoms with van der Waals surface area (Å²) in [5.74, 6) is -1.33. The Labute approximate surface area is 209 Å². The lowest BCUT2D eigenvalue weighted by Gasteiger charge is -2.09. The molecule has 0 aliphatic rings. The summed E-state index contributed by atoms with van der Waals surface area (Å²) in [6.07, 6.45) is 1.65. The first kappa shape index (κ1) is 32.9. The molecule has 3 amide bonds. The van der Waals surface area contributed by atoms with E-state index in [9.17, 15) is 19.2 Å². The molecule has 0 saturated carbocycles. The number of Topliss-reactive ketones (excluding diaryl/α,β-unsaturated/α-hetero) is 1. The van der Waals surface area contributed by atoms with E-state index in [2.05, 4.69) is 35.1 Å². The van der Waals surface area contributed by atoms with Crippen molar-refractivity contribution in [1.82, 2.24) is 21.3 Å². The number of nitrogens with one attached hydrogen (secondary N) is 4. The maximum absolute atomic E-state index is 11.8. The molecule has 35 heavy (non-hydrogen) atoms. The summed E-state index contributed by atoms with van der Waals surface area (Å²) < 4.78 is 16.4. The average Bonchev–Trinajstić information content (AvgIpc) is 2.81. The van der Waals surface area contributed by atoms with Crippen LogP contribution in [0, 0.1) is 5.92 Å². The molecule has 0 aromatic carbocycles. The van der Waals surface area contributed by atoms with E-state index in [1.54, 1.807) is 13.8 Å². The highest BCUT2D eigenvalue weighted by Crippen LogP contribution is 1.92. The number of carbonyl (C=O) groups is 4. The molecule has 0 aliphatic heterocycles. The van der Waals surface area contributed by atoms with Gasteiger partial charge in [0.25, 0.3) is 0 Å². The fourth-order valence-electron chi connectivity index (χ4n) is 2.54. The molecule has 0 aliphatic carbocycles. The zero-order valence-electron chi connectivity index (χ0n) is 21.9. The third kappa shape index (κ3) is 23.4. The van der Waals surface area contributed by atoms with Crippen LogP contribution in [0.5, 0.6) is 0 Å². The van der Waals surface area contributed by atoms with Crippen LogP contribution in [-0.4, -0.2) is 95.4 Å². The minimum Gasteiger partial charge on any atom is -0.379 e. The van der Waals surface area contributed by atoms with Gasteiger partial charge in [0.2, 0.25) is 17.7 Å². The highest BCUT2D eigenvalue weighted by molar-refractivity contribution is 5.90. The molecule has 11 heteroatoms. The fourth-order valence-corrected chi connectivity index (χ4v) is 2.54.